The molecule has 0 bridgehead atoms. The minimum Gasteiger partial charge on any atom is -0.342 e. The molecule has 1 spiro atoms. The van der Waals surface area contributed by atoms with Gasteiger partial charge in [0.1, 0.15) is 5.82 Å². The molecule has 0 saturated carbocycles. The molecule has 4 rings (SSSR count). The van der Waals surface area contributed by atoms with Crippen molar-refractivity contribution in [1.29, 1.82) is 0 Å². The van der Waals surface area contributed by atoms with Crippen LogP contribution in [0.5, 0.6) is 0 Å². The summed E-state index contributed by atoms with van der Waals surface area (Å²) < 4.78 is 13.4. The number of likely N-dealkylation sites (tertiary alicyclic amines) is 3. The zero-order valence-electron chi connectivity index (χ0n) is 17.6. The Hall–Kier alpha value is -2.28. The monoisotopic (exact) mass is 415 g/mol. The smallest absolute Gasteiger partial charge is 0.237 e. The van der Waals surface area contributed by atoms with Gasteiger partial charge in [0.15, 0.2) is 0 Å². The van der Waals surface area contributed by atoms with Crippen molar-refractivity contribution in [3.05, 3.63) is 35.6 Å². The van der Waals surface area contributed by atoms with E-state index in [1.54, 1.807) is 12.1 Å². The van der Waals surface area contributed by atoms with E-state index in [9.17, 15) is 18.8 Å². The van der Waals surface area contributed by atoms with E-state index in [-0.39, 0.29) is 23.5 Å². The van der Waals surface area contributed by atoms with Crippen LogP contribution >= 0.6 is 0 Å². The standard InChI is InChI=1S/C23H30FN3O3/c1-2-27-21(29)20(17-6-8-18(24)9-7-17)23(22(27)30)10-14-25(15-11-23)16-19(28)26-12-4-3-5-13-26/h6-9,20H,2-5,10-16H2,1H3/t20-/m1/s1. The van der Waals surface area contributed by atoms with E-state index < -0.39 is 11.3 Å². The molecule has 1 aromatic carbocycles. The Balaban J connectivity index is 1.50. The Kier molecular flexibility index (Phi) is 5.91. The molecule has 7 heteroatoms. The third kappa shape index (κ3) is 3.64. The number of nitrogens with zero attached hydrogens (tertiary/aromatic N) is 3. The van der Waals surface area contributed by atoms with Gasteiger partial charge < -0.3 is 4.90 Å². The molecular formula is C23H30FN3O3. The van der Waals surface area contributed by atoms with Crippen LogP contribution in [-0.2, 0) is 14.4 Å². The van der Waals surface area contributed by atoms with Crippen molar-refractivity contribution < 1.29 is 18.8 Å². The SMILES string of the molecule is CCN1C(=O)[C@@H](c2ccc(F)cc2)C2(CCN(CC(=O)N3CCCCC3)CC2)C1=O. The van der Waals surface area contributed by atoms with E-state index >= 15 is 0 Å². The van der Waals surface area contributed by atoms with Gasteiger partial charge in [-0.05, 0) is 69.8 Å². The van der Waals surface area contributed by atoms with Crippen molar-refractivity contribution in [2.75, 3.05) is 39.3 Å². The molecule has 3 amide bonds. The fourth-order valence-corrected chi connectivity index (χ4v) is 5.35. The minimum absolute atomic E-state index is 0.119. The van der Waals surface area contributed by atoms with E-state index in [1.807, 2.05) is 11.8 Å². The average Bonchev–Trinajstić information content (AvgIpc) is 2.97. The number of rotatable bonds is 4. The predicted molar refractivity (Wildman–Crippen MR) is 110 cm³/mol. The zero-order chi connectivity index (χ0) is 21.3. The molecule has 1 aromatic rings. The van der Waals surface area contributed by atoms with Gasteiger partial charge in [-0.1, -0.05) is 12.1 Å². The number of amides is 3. The maximum absolute atomic E-state index is 13.4. The summed E-state index contributed by atoms with van der Waals surface area (Å²) in [4.78, 5) is 44.4. The second-order valence-corrected chi connectivity index (χ2v) is 8.75. The van der Waals surface area contributed by atoms with E-state index in [0.717, 1.165) is 25.9 Å². The zero-order valence-corrected chi connectivity index (χ0v) is 17.6. The number of carbonyl (C=O) groups excluding carboxylic acids is 3. The number of carbonyl (C=O) groups is 3. The van der Waals surface area contributed by atoms with Crippen LogP contribution < -0.4 is 0 Å². The Bertz CT molecular complexity index is 811. The van der Waals surface area contributed by atoms with Crippen molar-refractivity contribution in [3.8, 4) is 0 Å². The molecule has 3 aliphatic heterocycles. The van der Waals surface area contributed by atoms with Crippen LogP contribution in [0.1, 0.15) is 50.5 Å². The lowest BCUT2D eigenvalue weighted by Crippen LogP contribution is -2.50. The highest BCUT2D eigenvalue weighted by atomic mass is 19.1. The molecule has 3 saturated heterocycles. The summed E-state index contributed by atoms with van der Waals surface area (Å²) >= 11 is 0. The summed E-state index contributed by atoms with van der Waals surface area (Å²) in [6.07, 6.45) is 4.38. The van der Waals surface area contributed by atoms with E-state index in [0.29, 0.717) is 44.6 Å². The third-order valence-corrected chi connectivity index (χ3v) is 7.07. The van der Waals surface area contributed by atoms with Gasteiger partial charge in [-0.2, -0.15) is 0 Å². The maximum Gasteiger partial charge on any atom is 0.237 e. The third-order valence-electron chi connectivity index (χ3n) is 7.07. The number of hydrogen-bond donors (Lipinski definition) is 0. The molecule has 162 valence electrons. The van der Waals surface area contributed by atoms with Crippen LogP contribution in [0, 0.1) is 11.2 Å². The molecule has 3 aliphatic rings. The fraction of sp³-hybridized carbons (Fsp3) is 0.609. The van der Waals surface area contributed by atoms with Crippen molar-refractivity contribution in [2.24, 2.45) is 5.41 Å². The Morgan fingerprint density at radius 3 is 2.27 bits per heavy atom. The van der Waals surface area contributed by atoms with Crippen LogP contribution in [0.2, 0.25) is 0 Å². The maximum atomic E-state index is 13.4. The van der Waals surface area contributed by atoms with Gasteiger partial charge in [-0.15, -0.1) is 0 Å². The first-order valence-corrected chi connectivity index (χ1v) is 11.1. The van der Waals surface area contributed by atoms with Gasteiger partial charge in [-0.3, -0.25) is 24.2 Å². The van der Waals surface area contributed by atoms with Crippen molar-refractivity contribution in [3.63, 3.8) is 0 Å². The van der Waals surface area contributed by atoms with Gasteiger partial charge in [0.2, 0.25) is 17.7 Å². The molecular weight excluding hydrogens is 385 g/mol. The predicted octanol–water partition coefficient (Wildman–Crippen LogP) is 2.39. The quantitative estimate of drug-likeness (QED) is 0.709. The van der Waals surface area contributed by atoms with Crippen LogP contribution in [0.4, 0.5) is 4.39 Å². The van der Waals surface area contributed by atoms with Gasteiger partial charge >= 0.3 is 0 Å². The average molecular weight is 416 g/mol. The summed E-state index contributed by atoms with van der Waals surface area (Å²) in [6, 6.07) is 5.94. The van der Waals surface area contributed by atoms with Gasteiger partial charge in [0.25, 0.3) is 0 Å². The molecule has 0 aromatic heterocycles. The first kappa shape index (κ1) is 21.0. The molecule has 3 fully saturated rings. The number of hydrogen-bond acceptors (Lipinski definition) is 4. The first-order valence-electron chi connectivity index (χ1n) is 11.1. The molecule has 3 heterocycles. The Labute approximate surface area is 177 Å². The number of likely N-dealkylation sites (N-methyl/N-ethyl adjacent to an activating group) is 1. The molecule has 1 atom stereocenters. The highest BCUT2D eigenvalue weighted by Crippen LogP contribution is 2.51. The molecule has 0 aliphatic carbocycles. The number of halogens is 1. The van der Waals surface area contributed by atoms with E-state index in [4.69, 9.17) is 0 Å². The summed E-state index contributed by atoms with van der Waals surface area (Å²) in [6.45, 7) is 5.40. The van der Waals surface area contributed by atoms with Crippen LogP contribution in [-0.4, -0.2) is 71.7 Å². The van der Waals surface area contributed by atoms with Crippen molar-refractivity contribution in [1.82, 2.24) is 14.7 Å². The van der Waals surface area contributed by atoms with Crippen molar-refractivity contribution in [2.45, 2.75) is 44.9 Å². The molecule has 0 N–H and O–H groups in total. The topological polar surface area (TPSA) is 60.9 Å². The largest absolute Gasteiger partial charge is 0.342 e. The van der Waals surface area contributed by atoms with Crippen molar-refractivity contribution >= 4 is 17.7 Å². The Morgan fingerprint density at radius 2 is 1.67 bits per heavy atom. The lowest BCUT2D eigenvalue weighted by atomic mass is 9.67. The second-order valence-electron chi connectivity index (χ2n) is 8.75. The summed E-state index contributed by atoms with van der Waals surface area (Å²) in [5.41, 5.74) is -0.0983. The van der Waals surface area contributed by atoms with Gasteiger partial charge in [-0.25, -0.2) is 4.39 Å². The van der Waals surface area contributed by atoms with Crippen LogP contribution in [0.25, 0.3) is 0 Å². The highest BCUT2D eigenvalue weighted by Gasteiger charge is 2.59. The molecule has 30 heavy (non-hydrogen) atoms. The summed E-state index contributed by atoms with van der Waals surface area (Å²) in [5.74, 6) is -1.09. The van der Waals surface area contributed by atoms with Gasteiger partial charge in [0.05, 0.1) is 17.9 Å². The lowest BCUT2D eigenvalue weighted by Gasteiger charge is -2.40. The summed E-state index contributed by atoms with van der Waals surface area (Å²) in [5, 5.41) is 0. The molecule has 0 radical (unpaired) electrons. The fourth-order valence-electron chi connectivity index (χ4n) is 5.35. The molecule has 6 nitrogen and oxygen atoms in total. The molecule has 0 unspecified atom stereocenters. The second kappa shape index (κ2) is 8.46. The first-order chi connectivity index (χ1) is 14.5. The summed E-state index contributed by atoms with van der Waals surface area (Å²) in [7, 11) is 0. The number of piperidine rings is 2. The Morgan fingerprint density at radius 1 is 1.03 bits per heavy atom. The lowest BCUT2D eigenvalue weighted by molar-refractivity contribution is -0.142. The van der Waals surface area contributed by atoms with Crippen LogP contribution in [0.15, 0.2) is 24.3 Å². The van der Waals surface area contributed by atoms with Crippen LogP contribution in [0.3, 0.4) is 0 Å². The minimum atomic E-state index is -0.796. The highest BCUT2D eigenvalue weighted by molar-refractivity contribution is 6.10. The number of imide groups is 1. The number of benzene rings is 1. The van der Waals surface area contributed by atoms with E-state index in [2.05, 4.69) is 4.90 Å². The van der Waals surface area contributed by atoms with Gasteiger partial charge in [0, 0.05) is 19.6 Å². The normalized spacial score (nSPS) is 24.7. The van der Waals surface area contributed by atoms with E-state index in [1.165, 1.54) is 23.5 Å².